The summed E-state index contributed by atoms with van der Waals surface area (Å²) >= 11 is 3.26. The summed E-state index contributed by atoms with van der Waals surface area (Å²) in [4.78, 5) is 24.7. The Morgan fingerprint density at radius 3 is 1.81 bits per heavy atom. The maximum absolute atomic E-state index is 12.4. The third kappa shape index (κ3) is 4.12. The fourth-order valence-electron chi connectivity index (χ4n) is 2.63. The number of rotatable bonds is 5. The van der Waals surface area contributed by atoms with Crippen LogP contribution in [0.2, 0.25) is 0 Å². The Morgan fingerprint density at radius 2 is 1.35 bits per heavy atom. The summed E-state index contributed by atoms with van der Waals surface area (Å²) < 4.78 is 16.2. The molecule has 0 saturated carbocycles. The topological polar surface area (TPSA) is 82.1 Å². The summed E-state index contributed by atoms with van der Waals surface area (Å²) in [5, 5.41) is 10.4. The van der Waals surface area contributed by atoms with E-state index < -0.39 is 36.5 Å². The molecule has 7 heteroatoms. The van der Waals surface area contributed by atoms with Crippen molar-refractivity contribution < 1.29 is 28.9 Å². The second-order valence-corrected chi connectivity index (χ2v) is 6.34. The van der Waals surface area contributed by atoms with Crippen molar-refractivity contribution in [3.63, 3.8) is 0 Å². The summed E-state index contributed by atoms with van der Waals surface area (Å²) in [5.74, 6) is -1.21. The Bertz CT molecular complexity index is 751. The number of carbonyl (C=O) groups excluding carboxylic acids is 2. The van der Waals surface area contributed by atoms with E-state index in [0.29, 0.717) is 16.5 Å². The second kappa shape index (κ2) is 8.44. The fraction of sp³-hybridized carbons (Fsp3) is 0.263. The van der Waals surface area contributed by atoms with Crippen LogP contribution in [0.3, 0.4) is 0 Å². The molecule has 2 aromatic carbocycles. The first-order valence-electron chi connectivity index (χ1n) is 8.01. The van der Waals surface area contributed by atoms with Crippen molar-refractivity contribution >= 4 is 27.9 Å². The third-order valence-electron chi connectivity index (χ3n) is 3.94. The van der Waals surface area contributed by atoms with Gasteiger partial charge < -0.3 is 19.3 Å². The standard InChI is InChI=1S/C19H17BrO6/c20-11-14-15(25-17(21)12-7-3-1-4-8-12)16(19(23)24-14)26-18(22)13-9-5-2-6-10-13/h1-10,14-16,19,23H,11H2/t14-,15-,16-,19-/m1/s1. The van der Waals surface area contributed by atoms with Crippen molar-refractivity contribution in [2.24, 2.45) is 0 Å². The van der Waals surface area contributed by atoms with E-state index in [1.165, 1.54) is 0 Å². The molecule has 1 aliphatic heterocycles. The Morgan fingerprint density at radius 1 is 0.885 bits per heavy atom. The summed E-state index contributed by atoms with van der Waals surface area (Å²) in [6, 6.07) is 16.8. The molecule has 4 atom stereocenters. The van der Waals surface area contributed by atoms with Gasteiger partial charge in [-0.3, -0.25) is 0 Å². The third-order valence-corrected chi connectivity index (χ3v) is 4.58. The number of esters is 2. The molecule has 0 spiro atoms. The van der Waals surface area contributed by atoms with Crippen LogP contribution in [0, 0.1) is 0 Å². The van der Waals surface area contributed by atoms with E-state index in [9.17, 15) is 14.7 Å². The molecule has 3 rings (SSSR count). The minimum Gasteiger partial charge on any atom is -0.452 e. The van der Waals surface area contributed by atoms with Crippen molar-refractivity contribution in [1.82, 2.24) is 0 Å². The largest absolute Gasteiger partial charge is 0.452 e. The highest BCUT2D eigenvalue weighted by molar-refractivity contribution is 9.09. The number of hydrogen-bond donors (Lipinski definition) is 1. The van der Waals surface area contributed by atoms with Gasteiger partial charge in [0, 0.05) is 5.33 Å². The highest BCUT2D eigenvalue weighted by Gasteiger charge is 2.48. The van der Waals surface area contributed by atoms with Gasteiger partial charge in [-0.15, -0.1) is 0 Å². The monoisotopic (exact) mass is 420 g/mol. The lowest BCUT2D eigenvalue weighted by atomic mass is 10.1. The average Bonchev–Trinajstić information content (AvgIpc) is 2.98. The number of aliphatic hydroxyl groups is 1. The van der Waals surface area contributed by atoms with Gasteiger partial charge in [-0.25, -0.2) is 9.59 Å². The van der Waals surface area contributed by atoms with E-state index in [1.54, 1.807) is 60.7 Å². The molecule has 1 fully saturated rings. The van der Waals surface area contributed by atoms with Gasteiger partial charge in [0.2, 0.25) is 0 Å². The van der Waals surface area contributed by atoms with E-state index >= 15 is 0 Å². The van der Waals surface area contributed by atoms with Gasteiger partial charge in [-0.2, -0.15) is 0 Å². The van der Waals surface area contributed by atoms with Gasteiger partial charge >= 0.3 is 11.9 Å². The number of hydrogen-bond acceptors (Lipinski definition) is 6. The predicted octanol–water partition coefficient (Wildman–Crippen LogP) is 2.55. The van der Waals surface area contributed by atoms with Crippen LogP contribution in [0.5, 0.6) is 0 Å². The predicted molar refractivity (Wildman–Crippen MR) is 96.0 cm³/mol. The molecule has 26 heavy (non-hydrogen) atoms. The first-order chi connectivity index (χ1) is 12.6. The smallest absolute Gasteiger partial charge is 0.338 e. The maximum atomic E-state index is 12.4. The SMILES string of the molecule is O=C(O[C@@H]1[C@H](OC(=O)c2ccccc2)[C@@H](CBr)O[C@H]1O)c1ccccc1. The van der Waals surface area contributed by atoms with Crippen molar-refractivity contribution in [2.45, 2.75) is 24.6 Å². The van der Waals surface area contributed by atoms with Crippen LogP contribution in [-0.4, -0.2) is 47.0 Å². The van der Waals surface area contributed by atoms with Crippen LogP contribution in [0.4, 0.5) is 0 Å². The van der Waals surface area contributed by atoms with E-state index in [0.717, 1.165) is 0 Å². The average molecular weight is 421 g/mol. The number of ether oxygens (including phenoxy) is 3. The Hall–Kier alpha value is -2.22. The molecular formula is C19H17BrO6. The molecule has 2 aromatic rings. The number of halogens is 1. The van der Waals surface area contributed by atoms with Crippen LogP contribution < -0.4 is 0 Å². The molecule has 1 heterocycles. The van der Waals surface area contributed by atoms with E-state index in [4.69, 9.17) is 14.2 Å². The summed E-state index contributed by atoms with van der Waals surface area (Å²) in [6.07, 6.45) is -4.10. The molecule has 0 unspecified atom stereocenters. The molecule has 0 aromatic heterocycles. The van der Waals surface area contributed by atoms with E-state index in [2.05, 4.69) is 15.9 Å². The number of benzene rings is 2. The van der Waals surface area contributed by atoms with Crippen LogP contribution >= 0.6 is 15.9 Å². The molecule has 1 aliphatic rings. The van der Waals surface area contributed by atoms with Gasteiger partial charge in [0.05, 0.1) is 11.1 Å². The second-order valence-electron chi connectivity index (χ2n) is 5.69. The van der Waals surface area contributed by atoms with Crippen molar-refractivity contribution in [3.8, 4) is 0 Å². The van der Waals surface area contributed by atoms with Crippen LogP contribution in [0.25, 0.3) is 0 Å². The van der Waals surface area contributed by atoms with E-state index in [-0.39, 0.29) is 0 Å². The number of aliphatic hydroxyl groups excluding tert-OH is 1. The van der Waals surface area contributed by atoms with Gasteiger partial charge in [-0.1, -0.05) is 52.3 Å². The normalized spacial score (nSPS) is 24.8. The molecular weight excluding hydrogens is 404 g/mol. The summed E-state index contributed by atoms with van der Waals surface area (Å²) in [7, 11) is 0. The lowest BCUT2D eigenvalue weighted by molar-refractivity contribution is -0.126. The lowest BCUT2D eigenvalue weighted by Crippen LogP contribution is -2.41. The molecule has 0 aliphatic carbocycles. The van der Waals surface area contributed by atoms with Crippen LogP contribution in [0.15, 0.2) is 60.7 Å². The maximum Gasteiger partial charge on any atom is 0.338 e. The van der Waals surface area contributed by atoms with Gasteiger partial charge in [0.25, 0.3) is 0 Å². The number of carbonyl (C=O) groups is 2. The lowest BCUT2D eigenvalue weighted by Gasteiger charge is -2.22. The summed E-state index contributed by atoms with van der Waals surface area (Å²) in [6.45, 7) is 0. The minimum atomic E-state index is -1.39. The zero-order valence-corrected chi connectivity index (χ0v) is 15.2. The highest BCUT2D eigenvalue weighted by Crippen LogP contribution is 2.28. The quantitative estimate of drug-likeness (QED) is 0.591. The van der Waals surface area contributed by atoms with E-state index in [1.807, 2.05) is 0 Å². The van der Waals surface area contributed by atoms with Crippen LogP contribution in [-0.2, 0) is 14.2 Å². The molecule has 1 N–H and O–H groups in total. The first kappa shape index (κ1) is 18.6. The molecule has 6 nitrogen and oxygen atoms in total. The van der Waals surface area contributed by atoms with Crippen LogP contribution in [0.1, 0.15) is 20.7 Å². The molecule has 1 saturated heterocycles. The molecule has 0 amide bonds. The Balaban J connectivity index is 1.76. The highest BCUT2D eigenvalue weighted by atomic mass is 79.9. The zero-order valence-electron chi connectivity index (χ0n) is 13.7. The van der Waals surface area contributed by atoms with Crippen molar-refractivity contribution in [3.05, 3.63) is 71.8 Å². The summed E-state index contributed by atoms with van der Waals surface area (Å²) in [5.41, 5.74) is 0.686. The molecule has 0 radical (unpaired) electrons. The number of alkyl halides is 1. The first-order valence-corrected chi connectivity index (χ1v) is 9.14. The van der Waals surface area contributed by atoms with Crippen molar-refractivity contribution in [1.29, 1.82) is 0 Å². The van der Waals surface area contributed by atoms with Gasteiger partial charge in [0.1, 0.15) is 6.10 Å². The van der Waals surface area contributed by atoms with Gasteiger partial charge in [0.15, 0.2) is 18.5 Å². The van der Waals surface area contributed by atoms with Crippen molar-refractivity contribution in [2.75, 3.05) is 5.33 Å². The molecule has 136 valence electrons. The molecule has 0 bridgehead atoms. The Kier molecular flexibility index (Phi) is 6.03. The minimum absolute atomic E-state index is 0.302. The Labute approximate surface area is 158 Å². The van der Waals surface area contributed by atoms with Gasteiger partial charge in [-0.05, 0) is 24.3 Å². The zero-order chi connectivity index (χ0) is 18.5. The fourth-order valence-corrected chi connectivity index (χ4v) is 3.15.